The van der Waals surface area contributed by atoms with Gasteiger partial charge in [-0.15, -0.1) is 0 Å². The van der Waals surface area contributed by atoms with Crippen molar-refractivity contribution in [2.75, 3.05) is 5.75 Å². The fourth-order valence-corrected chi connectivity index (χ4v) is 0.872. The van der Waals surface area contributed by atoms with E-state index in [4.69, 9.17) is 5.11 Å². The van der Waals surface area contributed by atoms with Gasteiger partial charge in [0.05, 0.1) is 5.92 Å². The van der Waals surface area contributed by atoms with Crippen molar-refractivity contribution >= 4 is 17.7 Å². The molecule has 0 aromatic carbocycles. The zero-order valence-corrected chi connectivity index (χ0v) is 6.50. The van der Waals surface area contributed by atoms with Crippen molar-refractivity contribution < 1.29 is 23.1 Å². The van der Waals surface area contributed by atoms with Gasteiger partial charge in [0, 0.05) is 5.75 Å². The first-order valence-electron chi connectivity index (χ1n) is 2.76. The van der Waals surface area contributed by atoms with E-state index >= 15 is 0 Å². The van der Waals surface area contributed by atoms with Gasteiger partial charge in [-0.3, -0.25) is 4.79 Å². The number of alkyl halides is 3. The van der Waals surface area contributed by atoms with Crippen molar-refractivity contribution in [2.45, 2.75) is 12.4 Å². The second-order valence-corrected chi connectivity index (χ2v) is 3.08. The van der Waals surface area contributed by atoms with Gasteiger partial charge >= 0.3 is 11.5 Å². The summed E-state index contributed by atoms with van der Waals surface area (Å²) in [4.78, 5) is 10.0. The summed E-state index contributed by atoms with van der Waals surface area (Å²) in [6, 6.07) is 0. The quantitative estimate of drug-likeness (QED) is 0.735. The first-order valence-corrected chi connectivity index (χ1v) is 3.75. The Morgan fingerprint density at radius 2 is 2.09 bits per heavy atom. The number of carboxylic acids is 1. The van der Waals surface area contributed by atoms with Crippen LogP contribution in [0.4, 0.5) is 13.2 Å². The fraction of sp³-hybridized carbons (Fsp3) is 0.800. The summed E-state index contributed by atoms with van der Waals surface area (Å²) in [5.74, 6) is -2.60. The molecule has 0 fully saturated rings. The van der Waals surface area contributed by atoms with Gasteiger partial charge in [-0.2, -0.15) is 13.2 Å². The van der Waals surface area contributed by atoms with E-state index in [1.807, 2.05) is 0 Å². The molecule has 1 N–H and O–H groups in total. The lowest BCUT2D eigenvalue weighted by Gasteiger charge is -2.07. The van der Waals surface area contributed by atoms with Crippen molar-refractivity contribution in [3.8, 4) is 0 Å². The molecule has 1 unspecified atom stereocenters. The first kappa shape index (κ1) is 10.6. The molecule has 0 spiro atoms. The van der Waals surface area contributed by atoms with Crippen molar-refractivity contribution in [2.24, 2.45) is 5.92 Å². The number of carbonyl (C=O) groups is 1. The molecule has 0 aromatic heterocycles. The van der Waals surface area contributed by atoms with Crippen molar-refractivity contribution in [1.82, 2.24) is 0 Å². The summed E-state index contributed by atoms with van der Waals surface area (Å²) >= 11 is -0.311. The minimum absolute atomic E-state index is 0.311. The second kappa shape index (κ2) is 3.85. The second-order valence-electron chi connectivity index (χ2n) is 2.00. The predicted molar refractivity (Wildman–Crippen MR) is 35.3 cm³/mol. The van der Waals surface area contributed by atoms with Gasteiger partial charge in [-0.05, 0) is 0 Å². The van der Waals surface area contributed by atoms with Crippen molar-refractivity contribution in [3.63, 3.8) is 0 Å². The van der Waals surface area contributed by atoms with Crippen LogP contribution < -0.4 is 0 Å². The molecule has 6 heteroatoms. The van der Waals surface area contributed by atoms with E-state index in [0.717, 1.165) is 0 Å². The van der Waals surface area contributed by atoms with E-state index in [2.05, 4.69) is 0 Å². The highest BCUT2D eigenvalue weighted by atomic mass is 32.2. The number of hydrogen-bond acceptors (Lipinski definition) is 2. The van der Waals surface area contributed by atoms with Crippen LogP contribution in [0.3, 0.4) is 0 Å². The fourth-order valence-electron chi connectivity index (χ4n) is 0.291. The Kier molecular flexibility index (Phi) is 3.71. The van der Waals surface area contributed by atoms with Crippen LogP contribution in [0.15, 0.2) is 0 Å². The van der Waals surface area contributed by atoms with E-state index in [1.165, 1.54) is 6.92 Å². The lowest BCUT2D eigenvalue weighted by molar-refractivity contribution is -0.140. The molecule has 0 aromatic rings. The zero-order chi connectivity index (χ0) is 9.07. The number of rotatable bonds is 3. The van der Waals surface area contributed by atoms with Crippen LogP contribution in [0.1, 0.15) is 6.92 Å². The Morgan fingerprint density at radius 1 is 1.64 bits per heavy atom. The number of halogens is 3. The van der Waals surface area contributed by atoms with Gasteiger partial charge < -0.3 is 5.11 Å². The average molecular weight is 188 g/mol. The SMILES string of the molecule is CC(CSC(F)(F)F)C(=O)O. The van der Waals surface area contributed by atoms with Crippen LogP contribution in [0, 0.1) is 5.92 Å². The molecule has 0 aliphatic carbocycles. The third-order valence-corrected chi connectivity index (χ3v) is 1.91. The minimum atomic E-state index is -4.33. The summed E-state index contributed by atoms with van der Waals surface area (Å²) in [5, 5.41) is 8.20. The molecule has 0 aliphatic heterocycles. The molecule has 0 saturated carbocycles. The van der Waals surface area contributed by atoms with Crippen molar-refractivity contribution in [1.29, 1.82) is 0 Å². The Labute approximate surface area is 65.8 Å². The molecule has 0 bridgehead atoms. The van der Waals surface area contributed by atoms with Gasteiger partial charge in [0.1, 0.15) is 0 Å². The topological polar surface area (TPSA) is 37.3 Å². The van der Waals surface area contributed by atoms with E-state index in [-0.39, 0.29) is 11.8 Å². The Balaban J connectivity index is 3.63. The van der Waals surface area contributed by atoms with Crippen LogP contribution in [-0.2, 0) is 4.79 Å². The molecule has 11 heavy (non-hydrogen) atoms. The molecule has 2 nitrogen and oxygen atoms in total. The summed E-state index contributed by atoms with van der Waals surface area (Å²) in [5.41, 5.74) is -4.33. The van der Waals surface area contributed by atoms with Gasteiger partial charge in [0.25, 0.3) is 0 Å². The molecular weight excluding hydrogens is 181 g/mol. The normalized spacial score (nSPS) is 14.5. The third-order valence-electron chi connectivity index (χ3n) is 0.919. The molecule has 0 radical (unpaired) electrons. The summed E-state index contributed by atoms with van der Waals surface area (Å²) < 4.78 is 34.3. The molecule has 0 heterocycles. The summed E-state index contributed by atoms with van der Waals surface area (Å²) in [7, 11) is 0. The van der Waals surface area contributed by atoms with E-state index in [9.17, 15) is 18.0 Å². The highest BCUT2D eigenvalue weighted by Crippen LogP contribution is 2.31. The third kappa shape index (κ3) is 6.03. The molecule has 0 aliphatic rings. The predicted octanol–water partition coefficient (Wildman–Crippen LogP) is 1.96. The summed E-state index contributed by atoms with van der Waals surface area (Å²) in [6.07, 6.45) is 0. The van der Waals surface area contributed by atoms with Crippen LogP contribution in [0.5, 0.6) is 0 Å². The van der Waals surface area contributed by atoms with Crippen molar-refractivity contribution in [3.05, 3.63) is 0 Å². The van der Waals surface area contributed by atoms with E-state index in [1.54, 1.807) is 0 Å². The van der Waals surface area contributed by atoms with Crippen LogP contribution in [0.2, 0.25) is 0 Å². The maximum atomic E-state index is 11.4. The van der Waals surface area contributed by atoms with Gasteiger partial charge in [0.2, 0.25) is 0 Å². The van der Waals surface area contributed by atoms with Crippen LogP contribution in [0.25, 0.3) is 0 Å². The molecule has 1 atom stereocenters. The van der Waals surface area contributed by atoms with Gasteiger partial charge in [0.15, 0.2) is 0 Å². The molecule has 0 amide bonds. The molecule has 0 saturated heterocycles. The zero-order valence-electron chi connectivity index (χ0n) is 5.68. The number of thioether (sulfide) groups is 1. The smallest absolute Gasteiger partial charge is 0.441 e. The number of aliphatic carboxylic acids is 1. The first-order chi connectivity index (χ1) is 4.83. The number of carboxylic acid groups (broad SMARTS) is 1. The number of hydrogen-bond donors (Lipinski definition) is 1. The maximum Gasteiger partial charge on any atom is 0.441 e. The Hall–Kier alpha value is -0.390. The van der Waals surface area contributed by atoms with Crippen LogP contribution >= 0.6 is 11.8 Å². The molecule has 0 rings (SSSR count). The molecular formula is C5H7F3O2S. The lowest BCUT2D eigenvalue weighted by atomic mass is 10.2. The Morgan fingerprint density at radius 3 is 2.36 bits per heavy atom. The standard InChI is InChI=1S/C5H7F3O2S/c1-3(4(9)10)2-11-5(6,7)8/h3H,2H2,1H3,(H,9,10). The maximum absolute atomic E-state index is 11.4. The summed E-state index contributed by atoms with van der Waals surface area (Å²) in [6.45, 7) is 1.24. The Bertz CT molecular complexity index is 145. The lowest BCUT2D eigenvalue weighted by Crippen LogP contribution is -2.15. The van der Waals surface area contributed by atoms with Gasteiger partial charge in [-0.1, -0.05) is 18.7 Å². The van der Waals surface area contributed by atoms with E-state index in [0.29, 0.717) is 0 Å². The van der Waals surface area contributed by atoms with E-state index < -0.39 is 23.1 Å². The monoisotopic (exact) mass is 188 g/mol. The average Bonchev–Trinajstić information content (AvgIpc) is 1.80. The van der Waals surface area contributed by atoms with Crippen LogP contribution in [-0.4, -0.2) is 22.3 Å². The highest BCUT2D eigenvalue weighted by molar-refractivity contribution is 8.00. The molecule has 66 valence electrons. The van der Waals surface area contributed by atoms with Gasteiger partial charge in [-0.25, -0.2) is 0 Å². The minimum Gasteiger partial charge on any atom is -0.481 e. The highest BCUT2D eigenvalue weighted by Gasteiger charge is 2.29. The largest absolute Gasteiger partial charge is 0.481 e.